The minimum atomic E-state index is -2.73. The zero-order valence-corrected chi connectivity index (χ0v) is 30.2. The normalized spacial score (nSPS) is 18.0. The van der Waals surface area contributed by atoms with Gasteiger partial charge in [-0.15, -0.1) is 0 Å². The molecule has 1 aliphatic heterocycles. The highest BCUT2D eigenvalue weighted by atomic mass is 28.4. The fraction of sp³-hybridized carbons (Fsp3) is 0.906. The summed E-state index contributed by atoms with van der Waals surface area (Å²) in [4.78, 5) is 44.0. The van der Waals surface area contributed by atoms with E-state index in [1.54, 1.807) is 0 Å². The van der Waals surface area contributed by atoms with Crippen molar-refractivity contribution in [3.05, 3.63) is 0 Å². The van der Waals surface area contributed by atoms with Gasteiger partial charge >= 0.3 is 26.7 Å². The quantitative estimate of drug-likeness (QED) is 0.144. The van der Waals surface area contributed by atoms with Crippen molar-refractivity contribution in [2.75, 3.05) is 105 Å². The number of carbonyl (C=O) groups is 3. The summed E-state index contributed by atoms with van der Waals surface area (Å²) < 4.78 is 23.4. The summed E-state index contributed by atoms with van der Waals surface area (Å²) in [7, 11) is -2.73. The number of hydrogen-bond donors (Lipinski definition) is 2. The van der Waals surface area contributed by atoms with Crippen LogP contribution in [0.1, 0.15) is 79.1 Å². The molecule has 0 aromatic heterocycles. The third-order valence-corrected chi connectivity index (χ3v) is 11.2. The van der Waals surface area contributed by atoms with Gasteiger partial charge in [-0.25, -0.2) is 0 Å². The molecule has 0 amide bonds. The van der Waals surface area contributed by atoms with Crippen LogP contribution < -0.4 is 0 Å². The van der Waals surface area contributed by atoms with Gasteiger partial charge in [0.15, 0.2) is 0 Å². The molecule has 0 aromatic carbocycles. The van der Waals surface area contributed by atoms with Gasteiger partial charge in [0.1, 0.15) is 0 Å². The van der Waals surface area contributed by atoms with Crippen LogP contribution in [0.15, 0.2) is 0 Å². The highest BCUT2D eigenvalue weighted by Gasteiger charge is 2.39. The molecule has 0 unspecified atom stereocenters. The monoisotopic (exact) mass is 676 g/mol. The Morgan fingerprint density at radius 2 is 0.891 bits per heavy atom. The Hall–Kier alpha value is -1.65. The lowest BCUT2D eigenvalue weighted by Crippen LogP contribution is -2.46. The van der Waals surface area contributed by atoms with Crippen LogP contribution >= 0.6 is 0 Å². The molecule has 0 radical (unpaired) electrons. The van der Waals surface area contributed by atoms with Crippen molar-refractivity contribution >= 4 is 26.7 Å². The van der Waals surface area contributed by atoms with Gasteiger partial charge in [0.2, 0.25) is 0 Å². The highest BCUT2D eigenvalue weighted by molar-refractivity contribution is 6.60. The first-order chi connectivity index (χ1) is 22.2. The zero-order valence-electron chi connectivity index (χ0n) is 29.2. The molecule has 1 aliphatic rings. The molecule has 0 spiro atoms. The van der Waals surface area contributed by atoms with Crippen LogP contribution in [-0.2, 0) is 32.4 Å². The maximum atomic E-state index is 12.1. The van der Waals surface area contributed by atoms with Gasteiger partial charge in [0.05, 0.1) is 25.9 Å². The van der Waals surface area contributed by atoms with E-state index < -0.39 is 20.7 Å². The fourth-order valence-electron chi connectivity index (χ4n) is 5.92. The first-order valence-corrected chi connectivity index (χ1v) is 19.5. The molecular weight excluding hydrogens is 612 g/mol. The molecule has 46 heavy (non-hydrogen) atoms. The molecule has 0 saturated carbocycles. The van der Waals surface area contributed by atoms with Crippen molar-refractivity contribution in [3.8, 4) is 0 Å². The van der Waals surface area contributed by atoms with Crippen LogP contribution in [-0.4, -0.2) is 161 Å². The third-order valence-electron chi connectivity index (χ3n) is 8.07. The Kier molecular flexibility index (Phi) is 24.2. The van der Waals surface area contributed by atoms with Crippen molar-refractivity contribution in [1.29, 1.82) is 0 Å². The first kappa shape index (κ1) is 42.4. The molecular formula is C32H64N4O9Si. The first-order valence-electron chi connectivity index (χ1n) is 17.6. The van der Waals surface area contributed by atoms with E-state index in [1.165, 1.54) is 0 Å². The predicted octanol–water partition coefficient (Wildman–Crippen LogP) is 3.11. The van der Waals surface area contributed by atoms with Gasteiger partial charge in [-0.2, -0.15) is 0 Å². The van der Waals surface area contributed by atoms with Gasteiger partial charge in [-0.3, -0.25) is 14.4 Å². The molecule has 1 fully saturated rings. The lowest BCUT2D eigenvalue weighted by Gasteiger charge is -2.31. The predicted molar refractivity (Wildman–Crippen MR) is 180 cm³/mol. The van der Waals surface area contributed by atoms with E-state index in [2.05, 4.69) is 19.6 Å². The Morgan fingerprint density at radius 1 is 0.543 bits per heavy atom. The van der Waals surface area contributed by atoms with E-state index in [9.17, 15) is 24.6 Å². The highest BCUT2D eigenvalue weighted by Crippen LogP contribution is 2.19. The van der Waals surface area contributed by atoms with Crippen LogP contribution in [0.2, 0.25) is 6.04 Å². The number of hydrogen-bond acceptors (Lipinski definition) is 11. The zero-order chi connectivity index (χ0) is 34.0. The molecule has 0 aromatic rings. The van der Waals surface area contributed by atoms with Crippen LogP contribution in [0.4, 0.5) is 0 Å². The minimum absolute atomic E-state index is 0.0917. The lowest BCUT2D eigenvalue weighted by atomic mass is 10.2. The van der Waals surface area contributed by atoms with Crippen molar-refractivity contribution < 1.29 is 42.6 Å². The summed E-state index contributed by atoms with van der Waals surface area (Å²) in [6, 6.07) is 0.758. The van der Waals surface area contributed by atoms with Crippen LogP contribution in [0.25, 0.3) is 0 Å². The average molecular weight is 677 g/mol. The van der Waals surface area contributed by atoms with E-state index in [0.717, 1.165) is 97.1 Å². The summed E-state index contributed by atoms with van der Waals surface area (Å²) >= 11 is 0. The third kappa shape index (κ3) is 20.6. The number of rotatable bonds is 20. The Bertz CT molecular complexity index is 809. The van der Waals surface area contributed by atoms with E-state index in [1.807, 2.05) is 27.7 Å². The van der Waals surface area contributed by atoms with Gasteiger partial charge in [-0.1, -0.05) is 0 Å². The standard InChI is InChI=1S/C32H64N4O9Si/c1-5-42-32(41)16-28-36-23-10-18-33(25-13-29-46(43-6-2,44-7-3)45-8-4)17-9-19-34(26-14-30(37)38)20-11-21-35(22-12-24-36)27-15-31(39)40/h5-29H2,1-4H3,(H,37,38)(H,39,40). The molecule has 270 valence electrons. The summed E-state index contributed by atoms with van der Waals surface area (Å²) in [6.07, 6.45) is 5.02. The molecule has 1 rings (SSSR count). The average Bonchev–Trinajstić information content (AvgIpc) is 3.00. The number of nitrogens with zero attached hydrogens (tertiary/aromatic N) is 4. The van der Waals surface area contributed by atoms with E-state index in [0.29, 0.717) is 52.5 Å². The summed E-state index contributed by atoms with van der Waals surface area (Å²) in [5.74, 6) is -1.79. The number of carboxylic acids is 2. The number of ether oxygens (including phenoxy) is 1. The summed E-state index contributed by atoms with van der Waals surface area (Å²) in [5.41, 5.74) is 0. The molecule has 2 N–H and O–H groups in total. The second-order valence-electron chi connectivity index (χ2n) is 11.7. The second-order valence-corrected chi connectivity index (χ2v) is 14.4. The second kappa shape index (κ2) is 26.3. The summed E-state index contributed by atoms with van der Waals surface area (Å²) in [5, 5.41) is 18.6. The number of aliphatic carboxylic acids is 2. The van der Waals surface area contributed by atoms with Crippen LogP contribution in [0.3, 0.4) is 0 Å². The lowest BCUT2D eigenvalue weighted by molar-refractivity contribution is -0.143. The van der Waals surface area contributed by atoms with Gasteiger partial charge < -0.3 is 47.8 Å². The topological polar surface area (TPSA) is 142 Å². The molecule has 0 atom stereocenters. The Balaban J connectivity index is 3.02. The molecule has 1 heterocycles. The minimum Gasteiger partial charge on any atom is -0.481 e. The van der Waals surface area contributed by atoms with Crippen molar-refractivity contribution in [3.63, 3.8) is 0 Å². The maximum absolute atomic E-state index is 12.1. The van der Waals surface area contributed by atoms with Gasteiger partial charge in [0.25, 0.3) is 0 Å². The van der Waals surface area contributed by atoms with Crippen molar-refractivity contribution in [2.45, 2.75) is 85.1 Å². The van der Waals surface area contributed by atoms with E-state index in [-0.39, 0.29) is 18.8 Å². The Labute approximate surface area is 278 Å². The molecule has 14 heteroatoms. The smallest absolute Gasteiger partial charge is 0.481 e. The number of carbonyl (C=O) groups excluding carboxylic acids is 1. The fourth-order valence-corrected chi connectivity index (χ4v) is 8.52. The van der Waals surface area contributed by atoms with Crippen LogP contribution in [0.5, 0.6) is 0 Å². The van der Waals surface area contributed by atoms with E-state index in [4.69, 9.17) is 18.0 Å². The largest absolute Gasteiger partial charge is 0.500 e. The molecule has 13 nitrogen and oxygen atoms in total. The van der Waals surface area contributed by atoms with E-state index >= 15 is 0 Å². The summed E-state index contributed by atoms with van der Waals surface area (Å²) in [6.45, 7) is 18.9. The Morgan fingerprint density at radius 3 is 1.22 bits per heavy atom. The molecule has 1 saturated heterocycles. The number of esters is 1. The van der Waals surface area contributed by atoms with Crippen LogP contribution in [0, 0.1) is 0 Å². The van der Waals surface area contributed by atoms with Crippen molar-refractivity contribution in [1.82, 2.24) is 19.6 Å². The SMILES string of the molecule is CCOC(=O)CCN1CCCN(CCC[Si](OCC)(OCC)OCC)CCCN(CCC(=O)O)CCCN(CCC(=O)O)CCC1. The number of carboxylic acid groups (broad SMARTS) is 2. The molecule has 0 bridgehead atoms. The van der Waals surface area contributed by atoms with Gasteiger partial charge in [-0.05, 0) is 119 Å². The van der Waals surface area contributed by atoms with Crippen molar-refractivity contribution in [2.24, 2.45) is 0 Å². The molecule has 0 aliphatic carbocycles. The maximum Gasteiger partial charge on any atom is 0.500 e. The van der Waals surface area contributed by atoms with Gasteiger partial charge in [0, 0.05) is 45.5 Å².